The molecule has 0 heterocycles. The zero-order chi connectivity index (χ0) is 9.00. The van der Waals surface area contributed by atoms with Gasteiger partial charge < -0.3 is 28.7 Å². The van der Waals surface area contributed by atoms with Crippen molar-refractivity contribution in [3.8, 4) is 0 Å². The predicted octanol–water partition coefficient (Wildman–Crippen LogP) is -3.19. The van der Waals surface area contributed by atoms with Crippen molar-refractivity contribution in [1.29, 1.82) is 0 Å². The quantitative estimate of drug-likeness (QED) is 0.341. The van der Waals surface area contributed by atoms with Gasteiger partial charge in [0.25, 0.3) is 0 Å². The van der Waals surface area contributed by atoms with Gasteiger partial charge in [0.15, 0.2) is 0 Å². The Labute approximate surface area is 134 Å². The molecule has 0 radical (unpaired) electrons. The maximum atomic E-state index is 10.1. The van der Waals surface area contributed by atoms with E-state index < -0.39 is 15.8 Å². The zero-order valence-electron chi connectivity index (χ0n) is 5.51. The molecule has 0 aliphatic rings. The minimum absolute atomic E-state index is 0. The van der Waals surface area contributed by atoms with Crippen LogP contribution in [-0.2, 0) is 9.13 Å². The fourth-order valence-electron chi connectivity index (χ4n) is 0. The summed E-state index contributed by atoms with van der Waals surface area (Å²) in [6.45, 7) is 0. The molecule has 0 N–H and O–H groups in total. The molecular weight excluding hydrogens is 324 g/mol. The summed E-state index contributed by atoms with van der Waals surface area (Å²) in [6.07, 6.45) is 0. The molecule has 0 rings (SSSR count). The average Bonchev–Trinajstić information content (AvgIpc) is 1.12. The predicted molar refractivity (Wildman–Crippen MR) is 28.9 cm³/mol. The Morgan fingerprint density at radius 2 is 0.833 bits per heavy atom. The molecule has 0 aromatic heterocycles. The monoisotopic (exact) mass is 324 g/mol. The molecule has 0 amide bonds. The van der Waals surface area contributed by atoms with Crippen molar-refractivity contribution in [3.63, 3.8) is 0 Å². The van der Waals surface area contributed by atoms with E-state index >= 15 is 0 Å². The molecule has 0 aromatic rings. The fourth-order valence-corrected chi connectivity index (χ4v) is 0. The van der Waals surface area contributed by atoms with Crippen LogP contribution in [0.25, 0.3) is 0 Å². The molecule has 0 atom stereocenters. The van der Waals surface area contributed by atoms with Crippen molar-refractivity contribution in [1.82, 2.24) is 0 Å². The van der Waals surface area contributed by atoms with Gasteiger partial charge in [-0.2, -0.15) is 0 Å². The third-order valence-corrected chi connectivity index (χ3v) is 0. The van der Waals surface area contributed by atoms with E-state index in [0.29, 0.717) is 0 Å². The number of hydrogen-bond donors (Lipinski definition) is 0. The van der Waals surface area contributed by atoms with E-state index in [-0.39, 0.29) is 83.2 Å². The van der Waals surface area contributed by atoms with Gasteiger partial charge in [-0.1, -0.05) is 0 Å². The minimum Gasteiger partial charge on any atom is -0.786 e. The molecule has 0 bridgehead atoms. The Kier molecular flexibility index (Phi) is 21.0. The molecule has 0 aromatic carbocycles. The summed E-state index contributed by atoms with van der Waals surface area (Å²) < 4.78 is 37.1. The normalized spacial score (nSPS) is 9.83. The summed E-state index contributed by atoms with van der Waals surface area (Å²) in [5.41, 5.74) is 0. The molecule has 0 saturated carbocycles. The summed E-state index contributed by atoms with van der Waals surface area (Å²) >= 11 is 0. The van der Waals surface area contributed by atoms with Gasteiger partial charge in [-0.25, -0.2) is 8.39 Å². The minimum atomic E-state index is -5.64. The first kappa shape index (κ1) is 24.2. The zero-order valence-corrected chi connectivity index (χ0v) is 13.0. The van der Waals surface area contributed by atoms with Crippen molar-refractivity contribution < 1.29 is 37.1 Å². The number of hydrogen-bond acceptors (Lipinski definition) is 6. The van der Waals surface area contributed by atoms with Crippen LogP contribution in [0, 0.1) is 0 Å². The van der Waals surface area contributed by atoms with Crippen LogP contribution in [0.1, 0.15) is 0 Å². The van der Waals surface area contributed by atoms with E-state index in [4.69, 9.17) is 28.7 Å². The van der Waals surface area contributed by atoms with Crippen LogP contribution < -0.4 is 19.6 Å². The number of halogens is 2. The standard InChI is InChI=1S/Ca.2FH2O3P.Sr/c;2*1-5(2,3)4;/h;2*(H2,2,3,4);/q+2;;;+2/p-4. The molecule has 0 aliphatic heterocycles. The summed E-state index contributed by atoms with van der Waals surface area (Å²) in [5, 5.41) is 0. The summed E-state index contributed by atoms with van der Waals surface area (Å²) in [6, 6.07) is 0. The molecule has 12 heteroatoms. The first-order valence-corrected chi connectivity index (χ1v) is 4.30. The molecule has 0 spiro atoms. The smallest absolute Gasteiger partial charge is 0.786 e. The van der Waals surface area contributed by atoms with Gasteiger partial charge in [0.2, 0.25) is 0 Å². The van der Waals surface area contributed by atoms with Gasteiger partial charge in [-0.3, -0.25) is 0 Å². The van der Waals surface area contributed by atoms with Crippen molar-refractivity contribution in [2.45, 2.75) is 0 Å². The Balaban J connectivity index is -0.0000000457. The van der Waals surface area contributed by atoms with Gasteiger partial charge in [0.05, 0.1) is 0 Å². The second-order valence-electron chi connectivity index (χ2n) is 0.861. The fraction of sp³-hybridized carbons (Fsp3) is 0. The van der Waals surface area contributed by atoms with Crippen LogP contribution in [0.4, 0.5) is 8.39 Å². The molecule has 6 nitrogen and oxygen atoms in total. The van der Waals surface area contributed by atoms with Crippen LogP contribution in [-0.4, -0.2) is 83.2 Å². The molecular formula is CaF2O6P2Sr. The van der Waals surface area contributed by atoms with Gasteiger partial charge in [0, 0.05) is 0 Å². The van der Waals surface area contributed by atoms with Gasteiger partial charge in [-0.05, 0) is 0 Å². The van der Waals surface area contributed by atoms with Crippen molar-refractivity contribution in [3.05, 3.63) is 0 Å². The third-order valence-electron chi connectivity index (χ3n) is 0. The van der Waals surface area contributed by atoms with Crippen LogP contribution in [0.5, 0.6) is 0 Å². The molecule has 12 heavy (non-hydrogen) atoms. The van der Waals surface area contributed by atoms with E-state index in [1.165, 1.54) is 0 Å². The van der Waals surface area contributed by atoms with Gasteiger partial charge >= 0.3 is 83.2 Å². The topological polar surface area (TPSA) is 126 Å². The molecule has 0 saturated heterocycles. The number of rotatable bonds is 0. The van der Waals surface area contributed by atoms with Crippen molar-refractivity contribution in [2.75, 3.05) is 0 Å². The first-order valence-electron chi connectivity index (χ1n) is 1.43. The molecule has 0 fully saturated rings. The van der Waals surface area contributed by atoms with E-state index in [2.05, 4.69) is 0 Å². The summed E-state index contributed by atoms with van der Waals surface area (Å²) in [5.74, 6) is 0. The molecule has 0 aliphatic carbocycles. The van der Waals surface area contributed by atoms with Crippen molar-refractivity contribution in [2.24, 2.45) is 0 Å². The van der Waals surface area contributed by atoms with Crippen LogP contribution in [0.15, 0.2) is 0 Å². The maximum absolute atomic E-state index is 10.1. The van der Waals surface area contributed by atoms with E-state index in [0.717, 1.165) is 0 Å². The maximum Gasteiger partial charge on any atom is 2.00 e. The Morgan fingerprint density at radius 1 is 0.833 bits per heavy atom. The average molecular weight is 324 g/mol. The van der Waals surface area contributed by atoms with Gasteiger partial charge in [0.1, 0.15) is 15.8 Å². The van der Waals surface area contributed by atoms with Gasteiger partial charge in [-0.15, -0.1) is 0 Å². The first-order chi connectivity index (χ1) is 4.00. The van der Waals surface area contributed by atoms with Crippen LogP contribution in [0.3, 0.4) is 0 Å². The molecule has 64 valence electrons. The van der Waals surface area contributed by atoms with Crippen LogP contribution in [0.2, 0.25) is 0 Å². The van der Waals surface area contributed by atoms with E-state index in [1.807, 2.05) is 0 Å². The summed E-state index contributed by atoms with van der Waals surface area (Å²) in [7, 11) is -11.3. The van der Waals surface area contributed by atoms with E-state index in [1.54, 1.807) is 0 Å². The Hall–Kier alpha value is 2.90. The Bertz CT molecular complexity index is 136. The van der Waals surface area contributed by atoms with Crippen LogP contribution >= 0.6 is 15.8 Å². The third kappa shape index (κ3) is 217. The SMILES string of the molecule is O=P([O-])([O-])F.O=P([O-])([O-])F.[Ca+2].[Sr+2]. The van der Waals surface area contributed by atoms with E-state index in [9.17, 15) is 8.39 Å². The van der Waals surface area contributed by atoms with Crippen molar-refractivity contribution >= 4 is 99.0 Å². The second-order valence-corrected chi connectivity index (χ2v) is 2.58. The molecule has 0 unspecified atom stereocenters. The largest absolute Gasteiger partial charge is 2.00 e. The summed E-state index contributed by atoms with van der Waals surface area (Å²) in [4.78, 5) is 33.8. The second kappa shape index (κ2) is 10.4. The Morgan fingerprint density at radius 3 is 0.833 bits per heavy atom.